The molecule has 0 aliphatic carbocycles. The SMILES string of the molecule is CC(C)C(O)C(C)(C)CNCc1cc[nH]c1. The summed E-state index contributed by atoms with van der Waals surface area (Å²) in [6, 6.07) is 2.05. The molecule has 0 bridgehead atoms. The number of hydrogen-bond acceptors (Lipinski definition) is 2. The van der Waals surface area contributed by atoms with Gasteiger partial charge in [-0.3, -0.25) is 0 Å². The molecular weight excluding hydrogens is 200 g/mol. The van der Waals surface area contributed by atoms with Gasteiger partial charge in [0.1, 0.15) is 0 Å². The molecule has 0 aromatic carbocycles. The van der Waals surface area contributed by atoms with E-state index in [2.05, 4.69) is 44.1 Å². The highest BCUT2D eigenvalue weighted by atomic mass is 16.3. The van der Waals surface area contributed by atoms with E-state index in [1.807, 2.05) is 12.4 Å². The van der Waals surface area contributed by atoms with E-state index in [4.69, 9.17) is 0 Å². The minimum Gasteiger partial charge on any atom is -0.392 e. The predicted molar refractivity (Wildman–Crippen MR) is 67.1 cm³/mol. The topological polar surface area (TPSA) is 48.0 Å². The minimum atomic E-state index is -0.272. The Labute approximate surface area is 98.3 Å². The maximum Gasteiger partial charge on any atom is 0.0626 e. The van der Waals surface area contributed by atoms with Crippen molar-refractivity contribution in [1.82, 2.24) is 10.3 Å². The zero-order valence-corrected chi connectivity index (χ0v) is 10.7. The van der Waals surface area contributed by atoms with Gasteiger partial charge in [0, 0.05) is 30.9 Å². The average Bonchev–Trinajstić information content (AvgIpc) is 2.69. The lowest BCUT2D eigenvalue weighted by Gasteiger charge is -2.33. The molecule has 3 heteroatoms. The van der Waals surface area contributed by atoms with Crippen LogP contribution in [-0.4, -0.2) is 22.7 Å². The summed E-state index contributed by atoms with van der Waals surface area (Å²) in [5.41, 5.74) is 1.15. The van der Waals surface area contributed by atoms with Crippen molar-refractivity contribution in [1.29, 1.82) is 0 Å². The lowest BCUT2D eigenvalue weighted by Crippen LogP contribution is -2.41. The molecule has 0 saturated carbocycles. The zero-order chi connectivity index (χ0) is 12.2. The van der Waals surface area contributed by atoms with E-state index in [-0.39, 0.29) is 11.5 Å². The molecule has 3 nitrogen and oxygen atoms in total. The van der Waals surface area contributed by atoms with Crippen LogP contribution >= 0.6 is 0 Å². The quantitative estimate of drug-likeness (QED) is 0.693. The van der Waals surface area contributed by atoms with Crippen molar-refractivity contribution >= 4 is 0 Å². The fourth-order valence-corrected chi connectivity index (χ4v) is 2.00. The van der Waals surface area contributed by atoms with Crippen LogP contribution in [-0.2, 0) is 6.54 Å². The van der Waals surface area contributed by atoms with E-state index in [1.54, 1.807) is 0 Å². The standard InChI is InChI=1S/C13H24N2O/c1-10(2)12(16)13(3,4)9-15-8-11-5-6-14-7-11/h5-7,10,12,14-16H,8-9H2,1-4H3. The number of H-pyrrole nitrogens is 1. The first kappa shape index (κ1) is 13.3. The molecular formula is C13H24N2O. The predicted octanol–water partition coefficient (Wildman–Crippen LogP) is 2.15. The molecule has 0 aliphatic rings. The molecule has 0 aliphatic heterocycles. The number of hydrogen-bond donors (Lipinski definition) is 3. The number of aliphatic hydroxyl groups excluding tert-OH is 1. The summed E-state index contributed by atoms with van der Waals surface area (Å²) in [4.78, 5) is 3.03. The molecule has 0 radical (unpaired) electrons. The van der Waals surface area contributed by atoms with Crippen LogP contribution in [0.15, 0.2) is 18.5 Å². The van der Waals surface area contributed by atoms with Gasteiger partial charge in [0.25, 0.3) is 0 Å². The van der Waals surface area contributed by atoms with Crippen LogP contribution in [0, 0.1) is 11.3 Å². The second-order valence-corrected chi connectivity index (χ2v) is 5.50. The summed E-state index contributed by atoms with van der Waals surface area (Å²) in [7, 11) is 0. The Morgan fingerprint density at radius 1 is 1.44 bits per heavy atom. The van der Waals surface area contributed by atoms with Crippen molar-refractivity contribution in [2.24, 2.45) is 11.3 Å². The monoisotopic (exact) mass is 224 g/mol. The van der Waals surface area contributed by atoms with Crippen LogP contribution in [0.4, 0.5) is 0 Å². The smallest absolute Gasteiger partial charge is 0.0626 e. The molecule has 16 heavy (non-hydrogen) atoms. The Kier molecular flexibility index (Phi) is 4.56. The third-order valence-electron chi connectivity index (χ3n) is 3.00. The minimum absolute atomic E-state index is 0.0928. The van der Waals surface area contributed by atoms with Crippen LogP contribution in [0.5, 0.6) is 0 Å². The van der Waals surface area contributed by atoms with Crippen LogP contribution < -0.4 is 5.32 Å². The average molecular weight is 224 g/mol. The molecule has 1 atom stereocenters. The largest absolute Gasteiger partial charge is 0.392 e. The van der Waals surface area contributed by atoms with Gasteiger partial charge in [0.15, 0.2) is 0 Å². The van der Waals surface area contributed by atoms with Crippen molar-refractivity contribution in [3.63, 3.8) is 0 Å². The number of aromatic nitrogens is 1. The Morgan fingerprint density at radius 3 is 2.62 bits per heavy atom. The Hall–Kier alpha value is -0.800. The summed E-state index contributed by atoms with van der Waals surface area (Å²) in [6.45, 7) is 9.97. The van der Waals surface area contributed by atoms with Gasteiger partial charge in [0.2, 0.25) is 0 Å². The molecule has 1 unspecified atom stereocenters. The summed E-state index contributed by atoms with van der Waals surface area (Å²) < 4.78 is 0. The van der Waals surface area contributed by atoms with Gasteiger partial charge >= 0.3 is 0 Å². The van der Waals surface area contributed by atoms with Crippen molar-refractivity contribution in [3.05, 3.63) is 24.0 Å². The summed E-state index contributed by atoms with van der Waals surface area (Å²) in [6.07, 6.45) is 3.63. The molecule has 0 saturated heterocycles. The lowest BCUT2D eigenvalue weighted by molar-refractivity contribution is 0.0134. The molecule has 1 heterocycles. The Morgan fingerprint density at radius 2 is 2.12 bits per heavy atom. The molecule has 3 N–H and O–H groups in total. The van der Waals surface area contributed by atoms with Crippen LogP contribution in [0.25, 0.3) is 0 Å². The maximum atomic E-state index is 10.1. The Balaban J connectivity index is 2.36. The third-order valence-corrected chi connectivity index (χ3v) is 3.00. The molecule has 1 rings (SSSR count). The van der Waals surface area contributed by atoms with Crippen LogP contribution in [0.3, 0.4) is 0 Å². The highest BCUT2D eigenvalue weighted by Crippen LogP contribution is 2.25. The molecule has 1 aromatic heterocycles. The van der Waals surface area contributed by atoms with Crippen LogP contribution in [0.2, 0.25) is 0 Å². The first-order valence-electron chi connectivity index (χ1n) is 5.94. The number of rotatable bonds is 6. The van der Waals surface area contributed by atoms with E-state index in [1.165, 1.54) is 5.56 Å². The van der Waals surface area contributed by atoms with Crippen molar-refractivity contribution in [3.8, 4) is 0 Å². The summed E-state index contributed by atoms with van der Waals surface area (Å²) >= 11 is 0. The summed E-state index contributed by atoms with van der Waals surface area (Å²) in [5.74, 6) is 0.295. The van der Waals surface area contributed by atoms with E-state index >= 15 is 0 Å². The number of aromatic amines is 1. The third kappa shape index (κ3) is 3.65. The zero-order valence-electron chi connectivity index (χ0n) is 10.7. The van der Waals surface area contributed by atoms with Gasteiger partial charge in [-0.2, -0.15) is 0 Å². The molecule has 0 fully saturated rings. The second kappa shape index (κ2) is 5.51. The van der Waals surface area contributed by atoms with Gasteiger partial charge in [-0.25, -0.2) is 0 Å². The Bertz CT molecular complexity index is 291. The molecule has 92 valence electrons. The van der Waals surface area contributed by atoms with Crippen molar-refractivity contribution < 1.29 is 5.11 Å². The van der Waals surface area contributed by atoms with Crippen LogP contribution in [0.1, 0.15) is 33.3 Å². The normalized spacial score (nSPS) is 14.4. The molecule has 0 spiro atoms. The van der Waals surface area contributed by atoms with Gasteiger partial charge in [-0.1, -0.05) is 27.7 Å². The van der Waals surface area contributed by atoms with Gasteiger partial charge in [-0.15, -0.1) is 0 Å². The second-order valence-electron chi connectivity index (χ2n) is 5.50. The lowest BCUT2D eigenvalue weighted by atomic mass is 9.81. The fraction of sp³-hybridized carbons (Fsp3) is 0.692. The molecule has 0 amide bonds. The highest BCUT2D eigenvalue weighted by Gasteiger charge is 2.29. The first-order chi connectivity index (χ1) is 7.43. The van der Waals surface area contributed by atoms with Gasteiger partial charge < -0.3 is 15.4 Å². The maximum absolute atomic E-state index is 10.1. The highest BCUT2D eigenvalue weighted by molar-refractivity contribution is 5.07. The summed E-state index contributed by atoms with van der Waals surface area (Å²) in [5, 5.41) is 13.4. The van der Waals surface area contributed by atoms with E-state index < -0.39 is 0 Å². The van der Waals surface area contributed by atoms with Crippen molar-refractivity contribution in [2.45, 2.75) is 40.3 Å². The van der Waals surface area contributed by atoms with Crippen molar-refractivity contribution in [2.75, 3.05) is 6.54 Å². The van der Waals surface area contributed by atoms with E-state index in [9.17, 15) is 5.11 Å². The van der Waals surface area contributed by atoms with Gasteiger partial charge in [0.05, 0.1) is 6.10 Å². The first-order valence-corrected chi connectivity index (χ1v) is 5.94. The fourth-order valence-electron chi connectivity index (χ4n) is 2.00. The van der Waals surface area contributed by atoms with Gasteiger partial charge in [-0.05, 0) is 17.5 Å². The van der Waals surface area contributed by atoms with E-state index in [0.29, 0.717) is 5.92 Å². The number of aliphatic hydroxyl groups is 1. The van der Waals surface area contributed by atoms with E-state index in [0.717, 1.165) is 13.1 Å². The number of nitrogens with one attached hydrogen (secondary N) is 2. The molecule has 1 aromatic rings.